The van der Waals surface area contributed by atoms with Crippen molar-refractivity contribution in [2.45, 2.75) is 12.5 Å². The van der Waals surface area contributed by atoms with Gasteiger partial charge in [0.1, 0.15) is 5.76 Å². The van der Waals surface area contributed by atoms with Gasteiger partial charge < -0.3 is 24.2 Å². The fourth-order valence-corrected chi connectivity index (χ4v) is 4.28. The molecule has 0 spiro atoms. The molecule has 35 heavy (non-hydrogen) atoms. The van der Waals surface area contributed by atoms with Gasteiger partial charge in [0, 0.05) is 24.5 Å². The summed E-state index contributed by atoms with van der Waals surface area (Å²) in [4.78, 5) is 31.9. The first-order valence-electron chi connectivity index (χ1n) is 11.0. The molecule has 1 aliphatic heterocycles. The van der Waals surface area contributed by atoms with E-state index in [1.807, 2.05) is 30.3 Å². The molecule has 1 unspecified atom stereocenters. The summed E-state index contributed by atoms with van der Waals surface area (Å²) in [6.45, 7) is 0.267. The zero-order valence-electron chi connectivity index (χ0n) is 19.7. The van der Waals surface area contributed by atoms with E-state index in [0.29, 0.717) is 34.8 Å². The summed E-state index contributed by atoms with van der Waals surface area (Å²) in [6.07, 6.45) is 3.55. The Kier molecular flexibility index (Phi) is 7.01. The van der Waals surface area contributed by atoms with Crippen LogP contribution in [0.1, 0.15) is 22.7 Å². The maximum Gasteiger partial charge on any atom is 0.295 e. The summed E-state index contributed by atoms with van der Waals surface area (Å²) in [5.41, 5.74) is 1.94. The largest absolute Gasteiger partial charge is 0.507 e. The number of aliphatic hydroxyl groups excluding tert-OH is 1. The summed E-state index contributed by atoms with van der Waals surface area (Å²) in [5, 5.41) is 11.2. The Morgan fingerprint density at radius 3 is 2.14 bits per heavy atom. The number of carbonyl (C=O) groups is 2. The number of aliphatic hydroxyl groups is 1. The molecule has 1 aromatic heterocycles. The molecular formula is C27H26N2O6. The van der Waals surface area contributed by atoms with E-state index in [1.165, 1.54) is 38.6 Å². The highest BCUT2D eigenvalue weighted by atomic mass is 16.5. The van der Waals surface area contributed by atoms with Crippen LogP contribution < -0.4 is 14.2 Å². The molecule has 180 valence electrons. The van der Waals surface area contributed by atoms with E-state index in [1.54, 1.807) is 24.3 Å². The van der Waals surface area contributed by atoms with E-state index in [-0.39, 0.29) is 17.9 Å². The van der Waals surface area contributed by atoms with Gasteiger partial charge in [-0.3, -0.25) is 14.6 Å². The number of hydrogen-bond acceptors (Lipinski definition) is 7. The maximum absolute atomic E-state index is 13.2. The van der Waals surface area contributed by atoms with Gasteiger partial charge in [-0.1, -0.05) is 30.3 Å². The van der Waals surface area contributed by atoms with Gasteiger partial charge in [0.15, 0.2) is 11.5 Å². The second-order valence-corrected chi connectivity index (χ2v) is 7.92. The number of likely N-dealkylation sites (tertiary alicyclic amines) is 1. The Bertz CT molecular complexity index is 1230. The number of ether oxygens (including phenoxy) is 3. The van der Waals surface area contributed by atoms with E-state index in [2.05, 4.69) is 4.98 Å². The Hall–Kier alpha value is -4.33. The van der Waals surface area contributed by atoms with Crippen LogP contribution in [0.3, 0.4) is 0 Å². The molecule has 1 atom stereocenters. The molecule has 1 N–H and O–H groups in total. The van der Waals surface area contributed by atoms with Crippen LogP contribution in [0.25, 0.3) is 5.76 Å². The van der Waals surface area contributed by atoms with Gasteiger partial charge in [-0.05, 0) is 41.8 Å². The third-order valence-electron chi connectivity index (χ3n) is 5.98. The predicted octanol–water partition coefficient (Wildman–Crippen LogP) is 3.77. The Balaban J connectivity index is 1.87. The zero-order chi connectivity index (χ0) is 24.9. The van der Waals surface area contributed by atoms with Gasteiger partial charge in [-0.15, -0.1) is 0 Å². The van der Waals surface area contributed by atoms with Crippen molar-refractivity contribution >= 4 is 17.4 Å². The molecule has 8 heteroatoms. The highest BCUT2D eigenvalue weighted by molar-refractivity contribution is 6.46. The summed E-state index contributed by atoms with van der Waals surface area (Å²) in [6, 6.07) is 15.4. The molecule has 1 amide bonds. The molecule has 2 aromatic carbocycles. The average Bonchev–Trinajstić information content (AvgIpc) is 3.16. The number of hydrogen-bond donors (Lipinski definition) is 1. The van der Waals surface area contributed by atoms with Crippen molar-refractivity contribution in [3.63, 3.8) is 0 Å². The van der Waals surface area contributed by atoms with Crippen LogP contribution in [0.2, 0.25) is 0 Å². The number of methoxy groups -OCH3 is 3. The number of aromatic nitrogens is 1. The molecule has 2 heterocycles. The normalized spacial score (nSPS) is 16.9. The molecule has 0 bridgehead atoms. The Morgan fingerprint density at radius 1 is 0.943 bits per heavy atom. The van der Waals surface area contributed by atoms with Crippen molar-refractivity contribution in [1.29, 1.82) is 0 Å². The first-order chi connectivity index (χ1) is 17.0. The highest BCUT2D eigenvalue weighted by Crippen LogP contribution is 2.45. The standard InChI is InChI=1S/C27H26N2O6/c1-33-20-15-19(16-21(34-2)26(20)35-3)23-22(24(30)18-9-12-28-13-10-18)25(31)27(32)29(23)14-11-17-7-5-4-6-8-17/h4-10,12-13,15-16,23,30H,11,14H2,1-3H3/b24-22+. The third kappa shape index (κ3) is 4.55. The molecule has 1 saturated heterocycles. The molecule has 0 aliphatic carbocycles. The fourth-order valence-electron chi connectivity index (χ4n) is 4.28. The lowest BCUT2D eigenvalue weighted by Gasteiger charge is -2.26. The molecule has 1 fully saturated rings. The number of Topliss-reactive ketones (excluding diaryl/α,β-unsaturated/α-hetero) is 1. The van der Waals surface area contributed by atoms with E-state index in [4.69, 9.17) is 14.2 Å². The number of pyridine rings is 1. The number of nitrogens with zero attached hydrogens (tertiary/aromatic N) is 2. The lowest BCUT2D eigenvalue weighted by atomic mass is 9.94. The monoisotopic (exact) mass is 474 g/mol. The second-order valence-electron chi connectivity index (χ2n) is 7.92. The second kappa shape index (κ2) is 10.3. The molecule has 0 saturated carbocycles. The van der Waals surface area contributed by atoms with Gasteiger partial charge in [0.25, 0.3) is 11.7 Å². The van der Waals surface area contributed by atoms with Crippen LogP contribution in [0.4, 0.5) is 0 Å². The van der Waals surface area contributed by atoms with Crippen molar-refractivity contribution in [2.75, 3.05) is 27.9 Å². The number of rotatable bonds is 8. The minimum Gasteiger partial charge on any atom is -0.507 e. The minimum absolute atomic E-state index is 0.0106. The van der Waals surface area contributed by atoms with Gasteiger partial charge >= 0.3 is 0 Å². The van der Waals surface area contributed by atoms with E-state index in [9.17, 15) is 14.7 Å². The van der Waals surface area contributed by atoms with E-state index in [0.717, 1.165) is 5.56 Å². The first kappa shape index (κ1) is 23.8. The van der Waals surface area contributed by atoms with Crippen LogP contribution in [0.15, 0.2) is 72.6 Å². The van der Waals surface area contributed by atoms with Gasteiger partial charge in [0.05, 0.1) is 32.9 Å². The summed E-state index contributed by atoms with van der Waals surface area (Å²) >= 11 is 0. The first-order valence-corrected chi connectivity index (χ1v) is 11.0. The summed E-state index contributed by atoms with van der Waals surface area (Å²) in [5.74, 6) is -0.582. The number of ketones is 1. The number of amides is 1. The Labute approximate surface area is 203 Å². The SMILES string of the molecule is COc1cc(C2/C(=C(\O)c3ccncc3)C(=O)C(=O)N2CCc2ccccc2)cc(OC)c1OC. The van der Waals surface area contributed by atoms with Crippen molar-refractivity contribution in [3.8, 4) is 17.2 Å². The van der Waals surface area contributed by atoms with E-state index >= 15 is 0 Å². The topological polar surface area (TPSA) is 98.2 Å². The van der Waals surface area contributed by atoms with Crippen LogP contribution in [0, 0.1) is 0 Å². The number of carbonyl (C=O) groups excluding carboxylic acids is 2. The quantitative estimate of drug-likeness (QED) is 0.301. The maximum atomic E-state index is 13.2. The Morgan fingerprint density at radius 2 is 1.57 bits per heavy atom. The third-order valence-corrected chi connectivity index (χ3v) is 5.98. The highest BCUT2D eigenvalue weighted by Gasteiger charge is 2.46. The smallest absolute Gasteiger partial charge is 0.295 e. The minimum atomic E-state index is -0.861. The fraction of sp³-hybridized carbons (Fsp3) is 0.222. The number of benzene rings is 2. The van der Waals surface area contributed by atoms with Gasteiger partial charge in [-0.2, -0.15) is 0 Å². The van der Waals surface area contributed by atoms with Crippen molar-refractivity contribution in [2.24, 2.45) is 0 Å². The van der Waals surface area contributed by atoms with Crippen LogP contribution >= 0.6 is 0 Å². The van der Waals surface area contributed by atoms with Crippen LogP contribution in [0.5, 0.6) is 17.2 Å². The summed E-state index contributed by atoms with van der Waals surface area (Å²) in [7, 11) is 4.48. The van der Waals surface area contributed by atoms with Crippen molar-refractivity contribution in [3.05, 3.63) is 89.3 Å². The lowest BCUT2D eigenvalue weighted by molar-refractivity contribution is -0.139. The predicted molar refractivity (Wildman–Crippen MR) is 129 cm³/mol. The molecule has 8 nitrogen and oxygen atoms in total. The van der Waals surface area contributed by atoms with Crippen LogP contribution in [-0.4, -0.2) is 54.6 Å². The van der Waals surface area contributed by atoms with E-state index < -0.39 is 17.7 Å². The molecule has 3 aromatic rings. The van der Waals surface area contributed by atoms with Gasteiger partial charge in [-0.25, -0.2) is 0 Å². The van der Waals surface area contributed by atoms with Gasteiger partial charge in [0.2, 0.25) is 5.75 Å². The molecule has 0 radical (unpaired) electrons. The van der Waals surface area contributed by atoms with Crippen molar-refractivity contribution in [1.82, 2.24) is 9.88 Å². The molecule has 4 rings (SSSR count). The average molecular weight is 475 g/mol. The lowest BCUT2D eigenvalue weighted by Crippen LogP contribution is -2.31. The van der Waals surface area contributed by atoms with Crippen LogP contribution in [-0.2, 0) is 16.0 Å². The summed E-state index contributed by atoms with van der Waals surface area (Å²) < 4.78 is 16.4. The molecular weight excluding hydrogens is 448 g/mol. The molecule has 1 aliphatic rings. The van der Waals surface area contributed by atoms with Crippen molar-refractivity contribution < 1.29 is 28.9 Å². The zero-order valence-corrected chi connectivity index (χ0v) is 19.7.